The molecule has 7 N–H and O–H groups in total. The lowest BCUT2D eigenvalue weighted by Crippen LogP contribution is -2.54. The maximum absolute atomic E-state index is 13.8. The molecule has 1 spiro atoms. The number of benzene rings is 3. The molecule has 18 heteroatoms. The molecule has 0 aliphatic heterocycles. The summed E-state index contributed by atoms with van der Waals surface area (Å²) in [6.07, 6.45) is 0.859. The van der Waals surface area contributed by atoms with Gasteiger partial charge in [0.15, 0.2) is 5.78 Å². The van der Waals surface area contributed by atoms with Crippen LogP contribution >= 0.6 is 0 Å². The standard InChI is InChI=1S/C53H65N7O11/c1-30(2)43(58-49(65)69-29-40-37-15-10-8-13-35(37)36-14-9-11-16-38(36)40)47(63)57-41(17-12-24-55-48(54)64)46(62)56-34-20-18-33(19-21-34)28-70-50(66)59(6)25-26-60(7)51(67)71-44-31(3)27-39-42(44)32(4)53(22-23-53)52(5,68)45(39)61/h8-11,13-16,18-21,27,30-31,40-41,43-44,68H,12,17,22-26,28-29H2,1-7H3,(H,56,62)(H,57,63)(H,58,65)(H3,54,55,64)/t31?,41-,43-,44?,52-/m0/s1. The molecule has 71 heavy (non-hydrogen) atoms. The molecule has 2 unspecified atom stereocenters. The minimum Gasteiger partial charge on any atom is -0.449 e. The number of nitrogens with two attached hydrogens (primary N) is 1. The average Bonchev–Trinajstić information content (AvgIpc) is 4.03. The van der Waals surface area contributed by atoms with Gasteiger partial charge in [0.05, 0.1) is 0 Å². The Bertz CT molecular complexity index is 2580. The largest absolute Gasteiger partial charge is 0.449 e. The van der Waals surface area contributed by atoms with Gasteiger partial charge in [-0.3, -0.25) is 14.4 Å². The van der Waals surface area contributed by atoms with Crippen molar-refractivity contribution in [1.29, 1.82) is 0 Å². The number of rotatable bonds is 18. The third-order valence-electron chi connectivity index (χ3n) is 14.3. The normalized spacial score (nSPS) is 20.1. The SMILES string of the molecule is CC1=C2C(=CC(C)C2OC(=O)N(C)CCN(C)C(=O)OCc2ccc(NC(=O)[C@H](CCCNC(N)=O)NC(=O)[C@@H](NC(=O)OCC3c4ccccc4-c4ccccc43)C(C)C)cc2)C(=O)[C@](C)(O)C12CC2. The van der Waals surface area contributed by atoms with Crippen molar-refractivity contribution in [3.63, 3.8) is 0 Å². The first-order chi connectivity index (χ1) is 33.7. The number of hydrogen-bond donors (Lipinski definition) is 6. The molecule has 7 amide bonds. The van der Waals surface area contributed by atoms with Crippen LogP contribution in [0.2, 0.25) is 0 Å². The first-order valence-corrected chi connectivity index (χ1v) is 24.1. The fraction of sp³-hybridized carbons (Fsp3) is 0.453. The number of carbonyl (C=O) groups excluding carboxylic acids is 7. The number of ketones is 1. The summed E-state index contributed by atoms with van der Waals surface area (Å²) in [5.41, 5.74) is 10.3. The third kappa shape index (κ3) is 11.1. The number of urea groups is 1. The number of likely N-dealkylation sites (N-methyl/N-ethyl adjacent to an activating group) is 2. The minimum absolute atomic E-state index is 0.0542. The molecule has 3 aromatic rings. The lowest BCUT2D eigenvalue weighted by molar-refractivity contribution is -0.138. The van der Waals surface area contributed by atoms with E-state index in [0.717, 1.165) is 27.8 Å². The predicted octanol–water partition coefficient (Wildman–Crippen LogP) is 6.13. The number of ether oxygens (including phenoxy) is 3. The van der Waals surface area contributed by atoms with E-state index in [-0.39, 0.29) is 62.8 Å². The molecule has 3 aromatic carbocycles. The summed E-state index contributed by atoms with van der Waals surface area (Å²) in [6.45, 7) is 9.25. The van der Waals surface area contributed by atoms with Crippen LogP contribution in [-0.2, 0) is 35.2 Å². The number of aliphatic hydroxyl groups is 1. The number of carbonyl (C=O) groups is 7. The summed E-state index contributed by atoms with van der Waals surface area (Å²) in [6, 6.07) is 19.6. The molecule has 4 aliphatic rings. The van der Waals surface area contributed by atoms with Gasteiger partial charge in [0, 0.05) is 67.8 Å². The highest BCUT2D eigenvalue weighted by molar-refractivity contribution is 6.09. The zero-order chi connectivity index (χ0) is 51.4. The maximum atomic E-state index is 13.8. The Morgan fingerprint density at radius 1 is 0.845 bits per heavy atom. The van der Waals surface area contributed by atoms with Crippen LogP contribution in [0.4, 0.5) is 24.9 Å². The second-order valence-electron chi connectivity index (χ2n) is 19.5. The van der Waals surface area contributed by atoms with Crippen LogP contribution in [0.25, 0.3) is 11.1 Å². The van der Waals surface area contributed by atoms with Crippen LogP contribution in [0.15, 0.2) is 95.6 Å². The molecular formula is C53H65N7O11. The van der Waals surface area contributed by atoms with Crippen LogP contribution in [-0.4, -0.2) is 121 Å². The van der Waals surface area contributed by atoms with E-state index in [1.807, 2.05) is 62.4 Å². The van der Waals surface area contributed by atoms with E-state index in [2.05, 4.69) is 21.3 Å². The molecule has 4 aliphatic carbocycles. The topological polar surface area (TPSA) is 248 Å². The molecule has 0 saturated heterocycles. The van der Waals surface area contributed by atoms with Crippen molar-refractivity contribution in [2.45, 2.75) is 96.6 Å². The van der Waals surface area contributed by atoms with Gasteiger partial charge in [-0.15, -0.1) is 0 Å². The lowest BCUT2D eigenvalue weighted by Gasteiger charge is -2.40. The summed E-state index contributed by atoms with van der Waals surface area (Å²) in [5, 5.41) is 21.9. The van der Waals surface area contributed by atoms with Gasteiger partial charge in [-0.25, -0.2) is 19.2 Å². The van der Waals surface area contributed by atoms with Crippen molar-refractivity contribution >= 4 is 47.6 Å². The first-order valence-electron chi connectivity index (χ1n) is 24.1. The lowest BCUT2D eigenvalue weighted by atomic mass is 9.68. The number of anilines is 1. The molecule has 0 bridgehead atoms. The molecule has 1 saturated carbocycles. The molecule has 0 heterocycles. The maximum Gasteiger partial charge on any atom is 0.410 e. The van der Waals surface area contributed by atoms with Gasteiger partial charge in [0.1, 0.15) is 37.0 Å². The van der Waals surface area contributed by atoms with E-state index in [0.29, 0.717) is 41.7 Å². The van der Waals surface area contributed by atoms with E-state index in [1.54, 1.807) is 58.2 Å². The van der Waals surface area contributed by atoms with Crippen molar-refractivity contribution in [2.75, 3.05) is 45.7 Å². The van der Waals surface area contributed by atoms with Gasteiger partial charge < -0.3 is 56.1 Å². The summed E-state index contributed by atoms with van der Waals surface area (Å²) in [7, 11) is 3.10. The first kappa shape index (κ1) is 51.6. The van der Waals surface area contributed by atoms with E-state index in [9.17, 15) is 38.7 Å². The Hall–Kier alpha value is -7.21. The highest BCUT2D eigenvalue weighted by Gasteiger charge is 2.66. The zero-order valence-electron chi connectivity index (χ0n) is 41.3. The highest BCUT2D eigenvalue weighted by atomic mass is 16.6. The van der Waals surface area contributed by atoms with Gasteiger partial charge in [0.25, 0.3) is 0 Å². The monoisotopic (exact) mass is 975 g/mol. The number of amides is 7. The number of fused-ring (bicyclic) bond motifs is 4. The van der Waals surface area contributed by atoms with Gasteiger partial charge in [-0.2, -0.15) is 0 Å². The molecule has 5 atom stereocenters. The van der Waals surface area contributed by atoms with E-state index >= 15 is 0 Å². The Morgan fingerprint density at radius 3 is 2.04 bits per heavy atom. The summed E-state index contributed by atoms with van der Waals surface area (Å²) >= 11 is 0. The molecule has 0 radical (unpaired) electrons. The molecule has 1 fully saturated rings. The Balaban J connectivity index is 0.878. The summed E-state index contributed by atoms with van der Waals surface area (Å²) < 4.78 is 17.2. The van der Waals surface area contributed by atoms with E-state index in [1.165, 1.54) is 16.8 Å². The van der Waals surface area contributed by atoms with E-state index in [4.69, 9.17) is 19.9 Å². The highest BCUT2D eigenvalue weighted by Crippen LogP contribution is 2.65. The Labute approximate surface area is 413 Å². The smallest absolute Gasteiger partial charge is 0.410 e. The molecule has 378 valence electrons. The van der Waals surface area contributed by atoms with Crippen LogP contribution in [0.3, 0.4) is 0 Å². The quantitative estimate of drug-likeness (QED) is 0.0625. The fourth-order valence-corrected chi connectivity index (χ4v) is 9.93. The molecule has 7 rings (SSSR count). The Kier molecular flexibility index (Phi) is 15.6. The number of nitrogens with one attached hydrogen (secondary N) is 4. The number of alkyl carbamates (subject to hydrolysis) is 1. The zero-order valence-corrected chi connectivity index (χ0v) is 41.3. The van der Waals surface area contributed by atoms with Crippen LogP contribution in [0.1, 0.15) is 82.9 Å². The number of primary amides is 1. The average molecular weight is 976 g/mol. The summed E-state index contributed by atoms with van der Waals surface area (Å²) in [4.78, 5) is 94.3. The van der Waals surface area contributed by atoms with Gasteiger partial charge in [0.2, 0.25) is 11.8 Å². The van der Waals surface area contributed by atoms with Gasteiger partial charge >= 0.3 is 24.3 Å². The van der Waals surface area contributed by atoms with Gasteiger partial charge in [-0.1, -0.05) is 93.1 Å². The van der Waals surface area contributed by atoms with E-state index < -0.39 is 65.3 Å². The van der Waals surface area contributed by atoms with Crippen molar-refractivity contribution in [3.05, 3.63) is 112 Å². The second-order valence-corrected chi connectivity index (χ2v) is 19.5. The molecule has 18 nitrogen and oxygen atoms in total. The van der Waals surface area contributed by atoms with Crippen LogP contribution in [0.5, 0.6) is 0 Å². The Morgan fingerprint density at radius 2 is 1.45 bits per heavy atom. The van der Waals surface area contributed by atoms with Crippen molar-refractivity contribution in [3.8, 4) is 11.1 Å². The fourth-order valence-electron chi connectivity index (χ4n) is 9.93. The molecular weight excluding hydrogens is 911 g/mol. The predicted molar refractivity (Wildman–Crippen MR) is 264 cm³/mol. The number of nitrogens with zero attached hydrogens (tertiary/aromatic N) is 2. The summed E-state index contributed by atoms with van der Waals surface area (Å²) in [5.74, 6) is -2.32. The van der Waals surface area contributed by atoms with Crippen molar-refractivity contribution in [2.24, 2.45) is 23.0 Å². The van der Waals surface area contributed by atoms with Crippen molar-refractivity contribution in [1.82, 2.24) is 25.8 Å². The minimum atomic E-state index is -1.50. The second kappa shape index (κ2) is 21.4. The van der Waals surface area contributed by atoms with Gasteiger partial charge in [-0.05, 0) is 85.4 Å². The van der Waals surface area contributed by atoms with Crippen LogP contribution < -0.4 is 27.0 Å². The number of Topliss-reactive ketones (excluding diaryl/α,β-unsaturated/α-hetero) is 1. The number of hydrogen-bond acceptors (Lipinski definition) is 11. The molecule has 0 aromatic heterocycles. The third-order valence-corrected chi connectivity index (χ3v) is 14.3. The van der Waals surface area contributed by atoms with Crippen molar-refractivity contribution < 1.29 is 52.9 Å². The van der Waals surface area contributed by atoms with Crippen LogP contribution in [0, 0.1) is 17.3 Å².